The number of anilines is 3. The van der Waals surface area contributed by atoms with Gasteiger partial charge in [0.05, 0.1) is 6.61 Å². The van der Waals surface area contributed by atoms with E-state index in [1.807, 2.05) is 66.4 Å². The van der Waals surface area contributed by atoms with Gasteiger partial charge in [0.2, 0.25) is 0 Å². The Morgan fingerprint density at radius 2 is 1.65 bits per heavy atom. The number of hydrogen-bond acceptors (Lipinski definition) is 4. The first-order valence-electron chi connectivity index (χ1n) is 8.03. The third-order valence-corrected chi connectivity index (χ3v) is 3.64. The van der Waals surface area contributed by atoms with E-state index in [-0.39, 0.29) is 12.0 Å². The fraction of sp³-hybridized carbons (Fsp3) is 0.316. The standard InChI is InChI=1S/C19H24N2O2/c1-3-8-18(19(22)23-4-2)21(16-9-6-5-7-10-16)17-13-11-15(20)12-14-17/h5-7,9-14,18H,3-4,8,20H2,1-2H3. The van der Waals surface area contributed by atoms with Crippen molar-refractivity contribution >= 4 is 23.0 Å². The predicted octanol–water partition coefficient (Wildman–Crippen LogP) is 4.14. The average Bonchev–Trinajstić information content (AvgIpc) is 2.57. The van der Waals surface area contributed by atoms with E-state index in [1.54, 1.807) is 0 Å². The summed E-state index contributed by atoms with van der Waals surface area (Å²) < 4.78 is 5.30. The molecular weight excluding hydrogens is 288 g/mol. The molecule has 122 valence electrons. The smallest absolute Gasteiger partial charge is 0.329 e. The van der Waals surface area contributed by atoms with E-state index in [4.69, 9.17) is 10.5 Å². The van der Waals surface area contributed by atoms with Crippen LogP contribution in [0.1, 0.15) is 26.7 Å². The third-order valence-electron chi connectivity index (χ3n) is 3.64. The summed E-state index contributed by atoms with van der Waals surface area (Å²) in [5.41, 5.74) is 8.39. The van der Waals surface area contributed by atoms with Gasteiger partial charge in [0.25, 0.3) is 0 Å². The second kappa shape index (κ2) is 8.22. The number of hydrogen-bond donors (Lipinski definition) is 1. The number of nitrogens with two attached hydrogens (primary N) is 1. The number of esters is 1. The van der Waals surface area contributed by atoms with Crippen LogP contribution in [0, 0.1) is 0 Å². The number of nitrogen functional groups attached to an aromatic ring is 1. The van der Waals surface area contributed by atoms with Crippen molar-refractivity contribution in [3.8, 4) is 0 Å². The first-order valence-corrected chi connectivity index (χ1v) is 8.03. The maximum absolute atomic E-state index is 12.5. The Morgan fingerprint density at radius 1 is 1.04 bits per heavy atom. The molecule has 2 rings (SSSR count). The molecule has 2 N–H and O–H groups in total. The molecule has 4 heteroatoms. The second-order valence-electron chi connectivity index (χ2n) is 5.35. The minimum Gasteiger partial charge on any atom is -0.464 e. The normalized spacial score (nSPS) is 11.7. The molecule has 0 aliphatic heterocycles. The summed E-state index contributed by atoms with van der Waals surface area (Å²) in [4.78, 5) is 14.5. The molecule has 0 fully saturated rings. The number of ether oxygens (including phenoxy) is 1. The summed E-state index contributed by atoms with van der Waals surface area (Å²) in [7, 11) is 0. The monoisotopic (exact) mass is 312 g/mol. The van der Waals surface area contributed by atoms with Gasteiger partial charge in [-0.25, -0.2) is 4.79 Å². The van der Waals surface area contributed by atoms with Crippen LogP contribution in [-0.2, 0) is 9.53 Å². The van der Waals surface area contributed by atoms with Gasteiger partial charge in [0.1, 0.15) is 6.04 Å². The molecule has 2 aromatic rings. The highest BCUT2D eigenvalue weighted by Gasteiger charge is 2.28. The van der Waals surface area contributed by atoms with Crippen LogP contribution >= 0.6 is 0 Å². The van der Waals surface area contributed by atoms with Crippen LogP contribution in [0.15, 0.2) is 54.6 Å². The van der Waals surface area contributed by atoms with Crippen molar-refractivity contribution in [2.75, 3.05) is 17.2 Å². The molecule has 23 heavy (non-hydrogen) atoms. The Kier molecular flexibility index (Phi) is 6.03. The zero-order chi connectivity index (χ0) is 16.7. The maximum Gasteiger partial charge on any atom is 0.329 e. The lowest BCUT2D eigenvalue weighted by molar-refractivity contribution is -0.144. The zero-order valence-electron chi connectivity index (χ0n) is 13.7. The van der Waals surface area contributed by atoms with Gasteiger partial charge in [0, 0.05) is 17.1 Å². The molecule has 0 aromatic heterocycles. The highest BCUT2D eigenvalue weighted by Crippen LogP contribution is 2.30. The van der Waals surface area contributed by atoms with Crippen molar-refractivity contribution in [2.45, 2.75) is 32.7 Å². The molecule has 0 aliphatic rings. The Morgan fingerprint density at radius 3 is 2.22 bits per heavy atom. The number of benzene rings is 2. The Balaban J connectivity index is 2.46. The molecule has 0 saturated carbocycles. The number of nitrogens with zero attached hydrogens (tertiary/aromatic N) is 1. The second-order valence-corrected chi connectivity index (χ2v) is 5.35. The largest absolute Gasteiger partial charge is 0.464 e. The topological polar surface area (TPSA) is 55.6 Å². The molecule has 0 radical (unpaired) electrons. The van der Waals surface area contributed by atoms with E-state index in [2.05, 4.69) is 6.92 Å². The van der Waals surface area contributed by atoms with Gasteiger partial charge in [-0.05, 0) is 49.7 Å². The van der Waals surface area contributed by atoms with E-state index in [1.165, 1.54) is 0 Å². The predicted molar refractivity (Wildman–Crippen MR) is 94.8 cm³/mol. The molecule has 0 heterocycles. The summed E-state index contributed by atoms with van der Waals surface area (Å²) in [5.74, 6) is -0.199. The van der Waals surface area contributed by atoms with Crippen LogP contribution in [0.25, 0.3) is 0 Å². The maximum atomic E-state index is 12.5. The van der Waals surface area contributed by atoms with E-state index in [0.29, 0.717) is 12.3 Å². The molecule has 0 bridgehead atoms. The van der Waals surface area contributed by atoms with E-state index >= 15 is 0 Å². The number of para-hydroxylation sites is 1. The number of carbonyl (C=O) groups excluding carboxylic acids is 1. The molecule has 0 spiro atoms. The van der Waals surface area contributed by atoms with Crippen molar-refractivity contribution in [1.29, 1.82) is 0 Å². The highest BCUT2D eigenvalue weighted by atomic mass is 16.5. The van der Waals surface area contributed by atoms with Crippen molar-refractivity contribution in [3.05, 3.63) is 54.6 Å². The first-order chi connectivity index (χ1) is 11.2. The fourth-order valence-corrected chi connectivity index (χ4v) is 2.60. The molecule has 0 amide bonds. The van der Waals surface area contributed by atoms with Crippen molar-refractivity contribution in [3.63, 3.8) is 0 Å². The summed E-state index contributed by atoms with van der Waals surface area (Å²) >= 11 is 0. The summed E-state index contributed by atoms with van der Waals surface area (Å²) in [6, 6.07) is 17.1. The quantitative estimate of drug-likeness (QED) is 0.616. The van der Waals surface area contributed by atoms with Crippen LogP contribution < -0.4 is 10.6 Å². The van der Waals surface area contributed by atoms with Gasteiger partial charge in [-0.2, -0.15) is 0 Å². The lowest BCUT2D eigenvalue weighted by Crippen LogP contribution is -2.39. The Bertz CT molecular complexity index is 611. The average molecular weight is 312 g/mol. The fourth-order valence-electron chi connectivity index (χ4n) is 2.60. The van der Waals surface area contributed by atoms with Gasteiger partial charge in [0.15, 0.2) is 0 Å². The van der Waals surface area contributed by atoms with Gasteiger partial charge in [-0.15, -0.1) is 0 Å². The lowest BCUT2D eigenvalue weighted by Gasteiger charge is -2.32. The molecule has 1 atom stereocenters. The van der Waals surface area contributed by atoms with Crippen LogP contribution in [0.4, 0.5) is 17.1 Å². The van der Waals surface area contributed by atoms with Gasteiger partial charge in [-0.3, -0.25) is 0 Å². The summed E-state index contributed by atoms with van der Waals surface area (Å²) in [6.07, 6.45) is 1.61. The molecule has 0 saturated heterocycles. The minimum atomic E-state index is -0.356. The SMILES string of the molecule is CCCC(C(=O)OCC)N(c1ccccc1)c1ccc(N)cc1. The van der Waals surface area contributed by atoms with Crippen LogP contribution in [0.2, 0.25) is 0 Å². The number of carbonyl (C=O) groups is 1. The summed E-state index contributed by atoms with van der Waals surface area (Å²) in [6.45, 7) is 4.28. The Hall–Kier alpha value is -2.49. The van der Waals surface area contributed by atoms with Crippen LogP contribution in [0.3, 0.4) is 0 Å². The van der Waals surface area contributed by atoms with Gasteiger partial charge in [-0.1, -0.05) is 31.5 Å². The molecule has 4 nitrogen and oxygen atoms in total. The molecular formula is C19H24N2O2. The van der Waals surface area contributed by atoms with E-state index < -0.39 is 0 Å². The van der Waals surface area contributed by atoms with Crippen LogP contribution in [0.5, 0.6) is 0 Å². The zero-order valence-corrected chi connectivity index (χ0v) is 13.7. The van der Waals surface area contributed by atoms with Gasteiger partial charge >= 0.3 is 5.97 Å². The summed E-state index contributed by atoms with van der Waals surface area (Å²) in [5, 5.41) is 0. The molecule has 1 unspecified atom stereocenters. The number of rotatable bonds is 7. The lowest BCUT2D eigenvalue weighted by atomic mass is 10.1. The highest BCUT2D eigenvalue weighted by molar-refractivity contribution is 5.84. The van der Waals surface area contributed by atoms with Gasteiger partial charge < -0.3 is 15.4 Å². The third kappa shape index (κ3) is 4.25. The van der Waals surface area contributed by atoms with E-state index in [0.717, 1.165) is 24.2 Å². The Labute approximate surface area is 137 Å². The van der Waals surface area contributed by atoms with Crippen molar-refractivity contribution < 1.29 is 9.53 Å². The minimum absolute atomic E-state index is 0.199. The van der Waals surface area contributed by atoms with Crippen molar-refractivity contribution in [2.24, 2.45) is 0 Å². The van der Waals surface area contributed by atoms with Crippen molar-refractivity contribution in [1.82, 2.24) is 0 Å². The molecule has 2 aromatic carbocycles. The van der Waals surface area contributed by atoms with Crippen LogP contribution in [-0.4, -0.2) is 18.6 Å². The first kappa shape index (κ1) is 16.9. The van der Waals surface area contributed by atoms with E-state index in [9.17, 15) is 4.79 Å². The molecule has 0 aliphatic carbocycles.